The number of halogens is 6. The first-order valence-electron chi connectivity index (χ1n) is 8.43. The molecule has 0 spiro atoms. The second-order valence-electron chi connectivity index (χ2n) is 5.67. The first-order valence-corrected chi connectivity index (χ1v) is 8.43. The third kappa shape index (κ3) is 5.21. The maximum atomic E-state index is 12.8. The number of hydrogen-bond donors (Lipinski definition) is 0. The molecule has 0 saturated carbocycles. The maximum Gasteiger partial charge on any atom is 0.416 e. The Morgan fingerprint density at radius 3 is 1.11 bits per heavy atom. The zero-order valence-electron chi connectivity index (χ0n) is 15.1. The van der Waals surface area contributed by atoms with Gasteiger partial charge in [0.15, 0.2) is 11.5 Å². The van der Waals surface area contributed by atoms with Crippen LogP contribution in [0.3, 0.4) is 0 Å². The molecule has 0 aromatic heterocycles. The Bertz CT molecular complexity index is 733. The van der Waals surface area contributed by atoms with Gasteiger partial charge < -0.3 is 9.47 Å². The van der Waals surface area contributed by atoms with E-state index in [-0.39, 0.29) is 24.7 Å². The van der Waals surface area contributed by atoms with Crippen LogP contribution in [0.15, 0.2) is 48.5 Å². The average Bonchev–Trinajstić information content (AvgIpc) is 2.63. The highest BCUT2D eigenvalue weighted by Crippen LogP contribution is 2.34. The molecular weight excluding hydrogens is 386 g/mol. The Labute approximate surface area is 158 Å². The van der Waals surface area contributed by atoms with Gasteiger partial charge in [0, 0.05) is 11.1 Å². The van der Waals surface area contributed by atoms with E-state index in [0.717, 1.165) is 24.3 Å². The summed E-state index contributed by atoms with van der Waals surface area (Å²) in [5, 5.41) is 0. The molecule has 0 aliphatic heterocycles. The molecule has 28 heavy (non-hydrogen) atoms. The molecule has 2 nitrogen and oxygen atoms in total. The molecule has 2 rings (SSSR count). The summed E-state index contributed by atoms with van der Waals surface area (Å²) in [5.41, 5.74) is -1.00. The van der Waals surface area contributed by atoms with E-state index in [4.69, 9.17) is 9.47 Å². The van der Waals surface area contributed by atoms with E-state index in [2.05, 4.69) is 0 Å². The minimum atomic E-state index is -4.48. The molecule has 0 radical (unpaired) electrons. The Morgan fingerprint density at radius 1 is 0.607 bits per heavy atom. The first kappa shape index (κ1) is 21.7. The van der Waals surface area contributed by atoms with Gasteiger partial charge in [0.25, 0.3) is 0 Å². The van der Waals surface area contributed by atoms with E-state index in [1.54, 1.807) is 13.8 Å². The Morgan fingerprint density at radius 2 is 0.893 bits per heavy atom. The summed E-state index contributed by atoms with van der Waals surface area (Å²) in [4.78, 5) is 0. The van der Waals surface area contributed by atoms with Gasteiger partial charge in [-0.3, -0.25) is 0 Å². The van der Waals surface area contributed by atoms with Gasteiger partial charge >= 0.3 is 12.4 Å². The van der Waals surface area contributed by atoms with E-state index in [0.29, 0.717) is 11.1 Å². The highest BCUT2D eigenvalue weighted by atomic mass is 19.4. The molecule has 0 aliphatic rings. The predicted octanol–water partition coefficient (Wildman–Crippen LogP) is 6.62. The van der Waals surface area contributed by atoms with E-state index >= 15 is 0 Å². The Kier molecular flexibility index (Phi) is 6.64. The monoisotopic (exact) mass is 404 g/mol. The number of alkyl halides is 6. The van der Waals surface area contributed by atoms with Gasteiger partial charge in [0.05, 0.1) is 24.3 Å². The van der Waals surface area contributed by atoms with Crippen molar-refractivity contribution in [2.45, 2.75) is 26.2 Å². The number of ether oxygens (including phenoxy) is 2. The molecule has 8 heteroatoms. The summed E-state index contributed by atoms with van der Waals surface area (Å²) >= 11 is 0. The standard InChI is InChI=1S/C20H18F6O2/c1-3-27-17(13-5-9-15(10-6-13)19(21,22)23)18(28-4-2)14-7-11-16(12-8-14)20(24,25)26/h5-12H,3-4H2,1-2H3/b18-17+. The van der Waals surface area contributed by atoms with Gasteiger partial charge in [-0.2, -0.15) is 26.3 Å². The normalized spacial score (nSPS) is 13.1. The van der Waals surface area contributed by atoms with Crippen molar-refractivity contribution in [2.24, 2.45) is 0 Å². The van der Waals surface area contributed by atoms with Crippen LogP contribution in [-0.4, -0.2) is 13.2 Å². The summed E-state index contributed by atoms with van der Waals surface area (Å²) in [6.07, 6.45) is -8.96. The summed E-state index contributed by atoms with van der Waals surface area (Å²) < 4.78 is 87.9. The van der Waals surface area contributed by atoms with Crippen molar-refractivity contribution in [1.82, 2.24) is 0 Å². The molecule has 0 N–H and O–H groups in total. The van der Waals surface area contributed by atoms with Gasteiger partial charge in [0.2, 0.25) is 0 Å². The minimum Gasteiger partial charge on any atom is -0.489 e. The minimum absolute atomic E-state index is 0.151. The molecule has 0 atom stereocenters. The van der Waals surface area contributed by atoms with Gasteiger partial charge in [0.1, 0.15) is 0 Å². The summed E-state index contributed by atoms with van der Waals surface area (Å²) in [7, 11) is 0. The van der Waals surface area contributed by atoms with Gasteiger partial charge in [-0.1, -0.05) is 24.3 Å². The summed E-state index contributed by atoms with van der Waals surface area (Å²) in [5.74, 6) is 0.302. The predicted molar refractivity (Wildman–Crippen MR) is 93.0 cm³/mol. The van der Waals surface area contributed by atoms with Crippen molar-refractivity contribution < 1.29 is 35.8 Å². The molecule has 2 aromatic rings. The zero-order valence-corrected chi connectivity index (χ0v) is 15.1. The van der Waals surface area contributed by atoms with E-state index in [1.807, 2.05) is 0 Å². The van der Waals surface area contributed by atoms with Crippen LogP contribution in [0.25, 0.3) is 11.5 Å². The van der Waals surface area contributed by atoms with Crippen LogP contribution in [0, 0.1) is 0 Å². The zero-order chi connectivity index (χ0) is 20.9. The fourth-order valence-electron chi connectivity index (χ4n) is 2.47. The van der Waals surface area contributed by atoms with Crippen LogP contribution in [0.2, 0.25) is 0 Å². The van der Waals surface area contributed by atoms with Gasteiger partial charge in [-0.25, -0.2) is 0 Å². The fourth-order valence-corrected chi connectivity index (χ4v) is 2.47. The van der Waals surface area contributed by atoms with Crippen LogP contribution in [0.4, 0.5) is 26.3 Å². The van der Waals surface area contributed by atoms with Gasteiger partial charge in [-0.15, -0.1) is 0 Å². The van der Waals surface area contributed by atoms with E-state index in [1.165, 1.54) is 24.3 Å². The smallest absolute Gasteiger partial charge is 0.416 e. The number of rotatable bonds is 6. The molecule has 0 aliphatic carbocycles. The molecule has 0 saturated heterocycles. The van der Waals surface area contributed by atoms with E-state index in [9.17, 15) is 26.3 Å². The van der Waals surface area contributed by atoms with Crippen LogP contribution < -0.4 is 0 Å². The summed E-state index contributed by atoms with van der Waals surface area (Å²) in [6, 6.07) is 8.56. The van der Waals surface area contributed by atoms with Crippen LogP contribution in [0.1, 0.15) is 36.1 Å². The fraction of sp³-hybridized carbons (Fsp3) is 0.300. The number of hydrogen-bond acceptors (Lipinski definition) is 2. The molecule has 0 bridgehead atoms. The molecule has 0 amide bonds. The topological polar surface area (TPSA) is 18.5 Å². The lowest BCUT2D eigenvalue weighted by Crippen LogP contribution is -2.06. The van der Waals surface area contributed by atoms with Crippen LogP contribution in [-0.2, 0) is 21.8 Å². The van der Waals surface area contributed by atoms with Crippen LogP contribution in [0.5, 0.6) is 0 Å². The third-order valence-corrected chi connectivity index (χ3v) is 3.73. The van der Waals surface area contributed by atoms with E-state index < -0.39 is 23.5 Å². The van der Waals surface area contributed by atoms with Crippen molar-refractivity contribution in [3.05, 3.63) is 70.8 Å². The average molecular weight is 404 g/mol. The van der Waals surface area contributed by atoms with Gasteiger partial charge in [-0.05, 0) is 38.1 Å². The quantitative estimate of drug-likeness (QED) is 0.306. The van der Waals surface area contributed by atoms with Crippen LogP contribution >= 0.6 is 0 Å². The lowest BCUT2D eigenvalue weighted by Gasteiger charge is -2.18. The second-order valence-corrected chi connectivity index (χ2v) is 5.67. The Hall–Kier alpha value is -2.64. The lowest BCUT2D eigenvalue weighted by atomic mass is 10.0. The molecule has 0 fully saturated rings. The molecule has 2 aromatic carbocycles. The molecule has 152 valence electrons. The van der Waals surface area contributed by atoms with Crippen molar-refractivity contribution in [3.8, 4) is 0 Å². The van der Waals surface area contributed by atoms with Crippen molar-refractivity contribution in [2.75, 3.05) is 13.2 Å². The largest absolute Gasteiger partial charge is 0.489 e. The summed E-state index contributed by atoms with van der Waals surface area (Å²) in [6.45, 7) is 3.74. The first-order chi connectivity index (χ1) is 13.1. The second kappa shape index (κ2) is 8.58. The lowest BCUT2D eigenvalue weighted by molar-refractivity contribution is -0.138. The van der Waals surface area contributed by atoms with Crippen molar-refractivity contribution in [1.29, 1.82) is 0 Å². The van der Waals surface area contributed by atoms with Crippen molar-refractivity contribution >= 4 is 11.5 Å². The maximum absolute atomic E-state index is 12.8. The Balaban J connectivity index is 2.54. The third-order valence-electron chi connectivity index (χ3n) is 3.73. The number of benzene rings is 2. The highest BCUT2D eigenvalue weighted by molar-refractivity contribution is 5.84. The van der Waals surface area contributed by atoms with Crippen molar-refractivity contribution in [3.63, 3.8) is 0 Å². The highest BCUT2D eigenvalue weighted by Gasteiger charge is 2.31. The molecular formula is C20H18F6O2. The molecule has 0 unspecified atom stereocenters. The molecule has 0 heterocycles. The SMILES string of the molecule is CCO/C(=C(/OCC)c1ccc(C(F)(F)F)cc1)c1ccc(C(F)(F)F)cc1.